The number of hydrogen-bond donors (Lipinski definition) is 2. The van der Waals surface area contributed by atoms with Gasteiger partial charge in [-0.25, -0.2) is 4.79 Å². The fourth-order valence-electron chi connectivity index (χ4n) is 1.54. The van der Waals surface area contributed by atoms with E-state index in [1.54, 1.807) is 0 Å². The van der Waals surface area contributed by atoms with Crippen LogP contribution in [0.2, 0.25) is 10.0 Å². The highest BCUT2D eigenvalue weighted by Crippen LogP contribution is 2.23. The molecule has 0 aliphatic carbocycles. The van der Waals surface area contributed by atoms with Crippen molar-refractivity contribution in [3.63, 3.8) is 0 Å². The van der Waals surface area contributed by atoms with Crippen LogP contribution in [-0.4, -0.2) is 22.0 Å². The molecule has 1 heterocycles. The molecule has 0 fully saturated rings. The molecule has 2 N–H and O–H groups in total. The van der Waals surface area contributed by atoms with E-state index in [1.807, 2.05) is 0 Å². The molecule has 0 aliphatic rings. The van der Waals surface area contributed by atoms with Crippen LogP contribution in [0.3, 0.4) is 0 Å². The van der Waals surface area contributed by atoms with Crippen molar-refractivity contribution in [1.29, 1.82) is 0 Å². The second kappa shape index (κ2) is 5.90. The van der Waals surface area contributed by atoms with Crippen molar-refractivity contribution in [3.05, 3.63) is 57.8 Å². The molecule has 20 heavy (non-hydrogen) atoms. The van der Waals surface area contributed by atoms with Gasteiger partial charge in [0.2, 0.25) is 0 Å². The maximum absolute atomic E-state index is 12.0. The third kappa shape index (κ3) is 3.07. The van der Waals surface area contributed by atoms with E-state index >= 15 is 0 Å². The molecule has 0 saturated heterocycles. The third-order valence-electron chi connectivity index (χ3n) is 2.47. The first-order chi connectivity index (χ1) is 9.49. The zero-order valence-corrected chi connectivity index (χ0v) is 11.4. The van der Waals surface area contributed by atoms with E-state index in [2.05, 4.69) is 10.3 Å². The van der Waals surface area contributed by atoms with Crippen molar-refractivity contribution in [2.24, 2.45) is 0 Å². The van der Waals surface area contributed by atoms with Crippen molar-refractivity contribution in [2.45, 2.75) is 0 Å². The van der Waals surface area contributed by atoms with Gasteiger partial charge in [-0.1, -0.05) is 23.2 Å². The van der Waals surface area contributed by atoms with E-state index in [0.29, 0.717) is 5.02 Å². The summed E-state index contributed by atoms with van der Waals surface area (Å²) in [5.74, 6) is -1.73. The number of benzene rings is 1. The molecule has 1 aromatic heterocycles. The maximum atomic E-state index is 12.0. The van der Waals surface area contributed by atoms with Gasteiger partial charge in [0.05, 0.1) is 21.8 Å². The van der Waals surface area contributed by atoms with Gasteiger partial charge in [0, 0.05) is 17.4 Å². The molecule has 1 amide bonds. The molecule has 7 heteroatoms. The first-order valence-electron chi connectivity index (χ1n) is 5.42. The number of carbonyl (C=O) groups excluding carboxylic acids is 1. The van der Waals surface area contributed by atoms with Crippen LogP contribution in [0.1, 0.15) is 20.7 Å². The Kier molecular flexibility index (Phi) is 4.22. The zero-order valence-electron chi connectivity index (χ0n) is 9.93. The minimum absolute atomic E-state index is 0.0669. The summed E-state index contributed by atoms with van der Waals surface area (Å²) in [6.45, 7) is 0. The molecular weight excluding hydrogens is 303 g/mol. The van der Waals surface area contributed by atoms with E-state index in [4.69, 9.17) is 28.3 Å². The first kappa shape index (κ1) is 14.3. The van der Waals surface area contributed by atoms with Crippen LogP contribution >= 0.6 is 23.2 Å². The van der Waals surface area contributed by atoms with Crippen LogP contribution in [0.4, 0.5) is 5.69 Å². The van der Waals surface area contributed by atoms with Crippen molar-refractivity contribution in [1.82, 2.24) is 4.98 Å². The minimum atomic E-state index is -1.17. The highest BCUT2D eigenvalue weighted by Gasteiger charge is 2.16. The van der Waals surface area contributed by atoms with E-state index in [-0.39, 0.29) is 21.8 Å². The smallest absolute Gasteiger partial charge is 0.337 e. The van der Waals surface area contributed by atoms with E-state index in [0.717, 1.165) is 0 Å². The Morgan fingerprint density at radius 3 is 2.55 bits per heavy atom. The Labute approximate surface area is 124 Å². The molecule has 2 aromatic rings. The topological polar surface area (TPSA) is 79.3 Å². The highest BCUT2D eigenvalue weighted by atomic mass is 35.5. The first-order valence-corrected chi connectivity index (χ1v) is 6.18. The summed E-state index contributed by atoms with van der Waals surface area (Å²) in [5.41, 5.74) is 0.170. The number of aromatic nitrogens is 1. The van der Waals surface area contributed by atoms with Crippen molar-refractivity contribution in [2.75, 3.05) is 5.32 Å². The Morgan fingerprint density at radius 1 is 1.15 bits per heavy atom. The van der Waals surface area contributed by atoms with Gasteiger partial charge in [-0.05, 0) is 24.3 Å². The van der Waals surface area contributed by atoms with Crippen LogP contribution in [0, 0.1) is 0 Å². The number of aromatic carboxylic acids is 1. The second-order valence-electron chi connectivity index (χ2n) is 3.80. The summed E-state index contributed by atoms with van der Waals surface area (Å²) in [5, 5.41) is 12.0. The van der Waals surface area contributed by atoms with Gasteiger partial charge in [0.15, 0.2) is 0 Å². The number of hydrogen-bond acceptors (Lipinski definition) is 3. The average Bonchev–Trinajstić information content (AvgIpc) is 2.38. The van der Waals surface area contributed by atoms with Gasteiger partial charge in [-0.15, -0.1) is 0 Å². The third-order valence-corrected chi connectivity index (χ3v) is 3.04. The number of amides is 1. The summed E-state index contributed by atoms with van der Waals surface area (Å²) < 4.78 is 0. The molecule has 0 atom stereocenters. The summed E-state index contributed by atoms with van der Waals surface area (Å²) in [6.07, 6.45) is 2.74. The van der Waals surface area contributed by atoms with Gasteiger partial charge in [-0.3, -0.25) is 9.78 Å². The van der Waals surface area contributed by atoms with Gasteiger partial charge in [0.1, 0.15) is 0 Å². The van der Waals surface area contributed by atoms with Crippen LogP contribution < -0.4 is 5.32 Å². The molecule has 1 aromatic carbocycles. The van der Waals surface area contributed by atoms with Crippen molar-refractivity contribution < 1.29 is 14.7 Å². The average molecular weight is 311 g/mol. The van der Waals surface area contributed by atoms with E-state index in [9.17, 15) is 9.59 Å². The monoisotopic (exact) mass is 310 g/mol. The van der Waals surface area contributed by atoms with Crippen LogP contribution in [-0.2, 0) is 0 Å². The molecule has 2 rings (SSSR count). The molecule has 0 saturated carbocycles. The molecule has 0 radical (unpaired) electrons. The highest BCUT2D eigenvalue weighted by molar-refractivity contribution is 6.34. The predicted octanol–water partition coefficient (Wildman–Crippen LogP) is 3.34. The van der Waals surface area contributed by atoms with Crippen molar-refractivity contribution >= 4 is 40.8 Å². The molecule has 102 valence electrons. The summed E-state index contributed by atoms with van der Waals surface area (Å²) in [4.78, 5) is 26.9. The van der Waals surface area contributed by atoms with Gasteiger partial charge < -0.3 is 10.4 Å². The standard InChI is InChI=1S/C13H8Cl2N2O3/c14-7-1-2-8(13(19)20)11(5-7)17-12(18)9-6-16-4-3-10(9)15/h1-6H,(H,17,18)(H,19,20). The molecule has 0 unspecified atom stereocenters. The minimum Gasteiger partial charge on any atom is -0.478 e. The summed E-state index contributed by atoms with van der Waals surface area (Å²) >= 11 is 11.7. The number of carbonyl (C=O) groups is 2. The fourth-order valence-corrected chi connectivity index (χ4v) is 1.90. The Morgan fingerprint density at radius 2 is 1.90 bits per heavy atom. The lowest BCUT2D eigenvalue weighted by molar-refractivity contribution is 0.0698. The van der Waals surface area contributed by atoms with Gasteiger partial charge >= 0.3 is 5.97 Å². The molecular formula is C13H8Cl2N2O3. The lowest BCUT2D eigenvalue weighted by atomic mass is 10.1. The van der Waals surface area contributed by atoms with Crippen LogP contribution in [0.5, 0.6) is 0 Å². The molecule has 5 nitrogen and oxygen atoms in total. The fraction of sp³-hybridized carbons (Fsp3) is 0. The Bertz CT molecular complexity index is 689. The van der Waals surface area contributed by atoms with Crippen LogP contribution in [0.15, 0.2) is 36.7 Å². The predicted molar refractivity (Wildman–Crippen MR) is 75.6 cm³/mol. The summed E-state index contributed by atoms with van der Waals surface area (Å²) in [7, 11) is 0. The zero-order chi connectivity index (χ0) is 14.7. The summed E-state index contributed by atoms with van der Waals surface area (Å²) in [6, 6.07) is 5.56. The van der Waals surface area contributed by atoms with Gasteiger partial charge in [0.25, 0.3) is 5.91 Å². The number of carboxylic acid groups (broad SMARTS) is 1. The molecule has 0 aliphatic heterocycles. The van der Waals surface area contributed by atoms with Crippen LogP contribution in [0.25, 0.3) is 0 Å². The number of pyridine rings is 1. The van der Waals surface area contributed by atoms with E-state index < -0.39 is 11.9 Å². The largest absolute Gasteiger partial charge is 0.478 e. The maximum Gasteiger partial charge on any atom is 0.337 e. The number of carboxylic acids is 1. The van der Waals surface area contributed by atoms with Crippen molar-refractivity contribution in [3.8, 4) is 0 Å². The second-order valence-corrected chi connectivity index (χ2v) is 4.65. The quantitative estimate of drug-likeness (QED) is 0.911. The van der Waals surface area contributed by atoms with E-state index in [1.165, 1.54) is 36.7 Å². The SMILES string of the molecule is O=C(Nc1cc(Cl)ccc1C(=O)O)c1cnccc1Cl. The van der Waals surface area contributed by atoms with Gasteiger partial charge in [-0.2, -0.15) is 0 Å². The lowest BCUT2D eigenvalue weighted by Gasteiger charge is -2.09. The lowest BCUT2D eigenvalue weighted by Crippen LogP contribution is -2.15. The molecule has 0 spiro atoms. The number of rotatable bonds is 3. The number of nitrogens with one attached hydrogen (secondary N) is 1. The Hall–Kier alpha value is -2.11. The number of anilines is 1. The normalized spacial score (nSPS) is 10.1. The number of nitrogens with zero attached hydrogens (tertiary/aromatic N) is 1. The molecule has 0 bridgehead atoms. The Balaban J connectivity index is 2.35. The number of halogens is 2.